The van der Waals surface area contributed by atoms with E-state index in [4.69, 9.17) is 11.6 Å². The lowest BCUT2D eigenvalue weighted by Gasteiger charge is -2.10. The van der Waals surface area contributed by atoms with Crippen molar-refractivity contribution in [3.05, 3.63) is 60.9 Å². The molecule has 0 aliphatic rings. The van der Waals surface area contributed by atoms with Crippen LogP contribution in [0, 0.1) is 10.5 Å². The van der Waals surface area contributed by atoms with Gasteiger partial charge in [-0.15, -0.1) is 0 Å². The minimum absolute atomic E-state index is 0.0161. The Kier molecular flexibility index (Phi) is 3.67. The number of pyridine rings is 1. The number of benzene rings is 2. The Bertz CT molecular complexity index is 918. The van der Waals surface area contributed by atoms with E-state index in [1.54, 1.807) is 12.1 Å². The van der Waals surface area contributed by atoms with Gasteiger partial charge in [-0.2, -0.15) is 0 Å². The van der Waals surface area contributed by atoms with E-state index in [9.17, 15) is 9.90 Å². The topological polar surface area (TPSA) is 53.1 Å². The van der Waals surface area contributed by atoms with Crippen LogP contribution in [0.3, 0.4) is 0 Å². The van der Waals surface area contributed by atoms with Gasteiger partial charge >= 0.3 is 0 Å². The lowest BCUT2D eigenvalue weighted by atomic mass is 9.99. The molecule has 0 unspecified atom stereocenters. The van der Waals surface area contributed by atoms with Crippen LogP contribution in [0.15, 0.2) is 41.2 Å². The van der Waals surface area contributed by atoms with Crippen molar-refractivity contribution in [1.82, 2.24) is 4.98 Å². The Morgan fingerprint density at radius 3 is 2.67 bits per heavy atom. The number of rotatable bonds is 1. The number of aromatic nitrogens is 1. The molecule has 1 aromatic heterocycles. The normalized spacial score (nSPS) is 11.0. The Morgan fingerprint density at radius 2 is 1.95 bits per heavy atom. The molecular weight excluding hydrogens is 401 g/mol. The van der Waals surface area contributed by atoms with Crippen molar-refractivity contribution in [3.63, 3.8) is 0 Å². The summed E-state index contributed by atoms with van der Waals surface area (Å²) in [7, 11) is 0. The second kappa shape index (κ2) is 5.35. The lowest BCUT2D eigenvalue weighted by molar-refractivity contribution is 0.482. The zero-order valence-electron chi connectivity index (χ0n) is 11.1. The molecule has 2 N–H and O–H groups in total. The summed E-state index contributed by atoms with van der Waals surface area (Å²) in [6.45, 7) is 1.91. The van der Waals surface area contributed by atoms with Crippen molar-refractivity contribution in [1.29, 1.82) is 0 Å². The molecule has 3 rings (SSSR count). The summed E-state index contributed by atoms with van der Waals surface area (Å²) < 4.78 is 0.819. The molecule has 3 nitrogen and oxygen atoms in total. The first-order valence-corrected chi connectivity index (χ1v) is 7.74. The summed E-state index contributed by atoms with van der Waals surface area (Å²) in [6, 6.07) is 10.9. The first-order valence-electron chi connectivity index (χ1n) is 6.29. The highest BCUT2D eigenvalue weighted by Crippen LogP contribution is 2.35. The zero-order valence-corrected chi connectivity index (χ0v) is 14.0. The van der Waals surface area contributed by atoms with Gasteiger partial charge in [0.05, 0.1) is 16.1 Å². The fraction of sp³-hybridized carbons (Fsp3) is 0.0625. The molecular formula is C16H11ClINO2. The van der Waals surface area contributed by atoms with Crippen LogP contribution in [-0.2, 0) is 0 Å². The molecule has 0 saturated heterocycles. The molecule has 0 fully saturated rings. The average Bonchev–Trinajstić information content (AvgIpc) is 2.43. The largest absolute Gasteiger partial charge is 0.506 e. The molecule has 106 valence electrons. The van der Waals surface area contributed by atoms with Crippen molar-refractivity contribution in [2.45, 2.75) is 6.92 Å². The molecule has 0 amide bonds. The number of aryl methyl sites for hydroxylation is 1. The van der Waals surface area contributed by atoms with Gasteiger partial charge in [0.2, 0.25) is 0 Å². The van der Waals surface area contributed by atoms with Crippen LogP contribution in [-0.4, -0.2) is 10.1 Å². The van der Waals surface area contributed by atoms with E-state index in [-0.39, 0.29) is 11.3 Å². The van der Waals surface area contributed by atoms with E-state index in [0.29, 0.717) is 21.5 Å². The van der Waals surface area contributed by atoms with Gasteiger partial charge < -0.3 is 10.1 Å². The molecule has 0 saturated carbocycles. The fourth-order valence-corrected chi connectivity index (χ4v) is 3.01. The van der Waals surface area contributed by atoms with E-state index in [2.05, 4.69) is 27.6 Å². The molecule has 21 heavy (non-hydrogen) atoms. The van der Waals surface area contributed by atoms with Crippen LogP contribution in [0.25, 0.3) is 22.0 Å². The van der Waals surface area contributed by atoms with Crippen molar-refractivity contribution >= 4 is 45.1 Å². The van der Waals surface area contributed by atoms with Crippen LogP contribution in [0.2, 0.25) is 5.02 Å². The zero-order chi connectivity index (χ0) is 15.1. The number of hydrogen-bond donors (Lipinski definition) is 2. The van der Waals surface area contributed by atoms with E-state index in [0.717, 1.165) is 14.7 Å². The van der Waals surface area contributed by atoms with Crippen molar-refractivity contribution in [2.75, 3.05) is 0 Å². The highest BCUT2D eigenvalue weighted by Gasteiger charge is 2.16. The third-order valence-corrected chi connectivity index (χ3v) is 4.97. The van der Waals surface area contributed by atoms with Gasteiger partial charge in [0, 0.05) is 8.96 Å². The van der Waals surface area contributed by atoms with Crippen LogP contribution >= 0.6 is 34.2 Å². The van der Waals surface area contributed by atoms with Gasteiger partial charge in [0.25, 0.3) is 5.56 Å². The minimum atomic E-state index is -0.327. The number of aromatic amines is 1. The van der Waals surface area contributed by atoms with Gasteiger partial charge in [-0.05, 0) is 52.8 Å². The first kappa shape index (κ1) is 14.4. The van der Waals surface area contributed by atoms with Gasteiger partial charge in [-0.25, -0.2) is 0 Å². The summed E-state index contributed by atoms with van der Waals surface area (Å²) >= 11 is 8.16. The Labute approximate surface area is 139 Å². The maximum Gasteiger partial charge on any atom is 0.260 e. The highest BCUT2D eigenvalue weighted by atomic mass is 127. The number of fused-ring (bicyclic) bond motifs is 1. The summed E-state index contributed by atoms with van der Waals surface area (Å²) in [4.78, 5) is 15.1. The van der Waals surface area contributed by atoms with Crippen molar-refractivity contribution in [2.24, 2.45) is 0 Å². The molecule has 0 aliphatic carbocycles. The Balaban J connectivity index is 2.43. The standard InChI is InChI=1S/C16H11ClINO2/c1-8-4-2-3-5-9(8)14-15(20)10-6-12(18)11(17)7-13(10)19-16(14)21/h2-7H,1H3,(H2,19,20,21). The van der Waals surface area contributed by atoms with Crippen LogP contribution < -0.4 is 5.56 Å². The minimum Gasteiger partial charge on any atom is -0.506 e. The molecule has 3 aromatic rings. The number of nitrogens with one attached hydrogen (secondary N) is 1. The molecule has 0 aliphatic heterocycles. The maximum atomic E-state index is 12.3. The molecule has 0 radical (unpaired) electrons. The Hall–Kier alpha value is -1.53. The monoisotopic (exact) mass is 411 g/mol. The second-order valence-electron chi connectivity index (χ2n) is 4.80. The van der Waals surface area contributed by atoms with Crippen molar-refractivity contribution in [3.8, 4) is 16.9 Å². The van der Waals surface area contributed by atoms with Crippen molar-refractivity contribution < 1.29 is 5.11 Å². The molecule has 0 atom stereocenters. The summed E-state index contributed by atoms with van der Waals surface area (Å²) in [5.41, 5.74) is 2.15. The van der Waals surface area contributed by atoms with Gasteiger partial charge in [-0.3, -0.25) is 4.79 Å². The van der Waals surface area contributed by atoms with Gasteiger partial charge in [-0.1, -0.05) is 35.9 Å². The lowest BCUT2D eigenvalue weighted by Crippen LogP contribution is -2.10. The molecule has 1 heterocycles. The predicted octanol–water partition coefficient (Wildman–Crippen LogP) is 4.47. The molecule has 5 heteroatoms. The van der Waals surface area contributed by atoms with Gasteiger partial charge in [0.1, 0.15) is 5.75 Å². The van der Waals surface area contributed by atoms with E-state index in [1.165, 1.54) is 0 Å². The summed E-state index contributed by atoms with van der Waals surface area (Å²) in [6.07, 6.45) is 0. The van der Waals surface area contributed by atoms with E-state index < -0.39 is 0 Å². The maximum absolute atomic E-state index is 12.3. The average molecular weight is 412 g/mol. The SMILES string of the molecule is Cc1ccccc1-c1c(O)c2cc(I)c(Cl)cc2[nH]c1=O. The quantitative estimate of drug-likeness (QED) is 0.581. The third-order valence-electron chi connectivity index (χ3n) is 3.44. The van der Waals surface area contributed by atoms with E-state index in [1.807, 2.05) is 31.2 Å². The summed E-state index contributed by atoms with van der Waals surface area (Å²) in [5.74, 6) is -0.0161. The number of aromatic hydroxyl groups is 1. The highest BCUT2D eigenvalue weighted by molar-refractivity contribution is 14.1. The molecule has 0 spiro atoms. The first-order chi connectivity index (χ1) is 9.99. The summed E-state index contributed by atoms with van der Waals surface area (Å²) in [5, 5.41) is 11.7. The number of halogens is 2. The smallest absolute Gasteiger partial charge is 0.260 e. The molecule has 0 bridgehead atoms. The second-order valence-corrected chi connectivity index (χ2v) is 6.37. The number of H-pyrrole nitrogens is 1. The molecule has 2 aromatic carbocycles. The van der Waals surface area contributed by atoms with Crippen LogP contribution in [0.4, 0.5) is 0 Å². The van der Waals surface area contributed by atoms with Gasteiger partial charge in [0.15, 0.2) is 0 Å². The fourth-order valence-electron chi connectivity index (χ4n) is 2.38. The Morgan fingerprint density at radius 1 is 1.24 bits per heavy atom. The number of hydrogen-bond acceptors (Lipinski definition) is 2. The van der Waals surface area contributed by atoms with Crippen LogP contribution in [0.1, 0.15) is 5.56 Å². The van der Waals surface area contributed by atoms with Crippen LogP contribution in [0.5, 0.6) is 5.75 Å². The third kappa shape index (κ3) is 2.42. The van der Waals surface area contributed by atoms with E-state index >= 15 is 0 Å². The predicted molar refractivity (Wildman–Crippen MR) is 94.1 cm³/mol.